The summed E-state index contributed by atoms with van der Waals surface area (Å²) in [6, 6.07) is 0. The number of hydrogen-bond acceptors (Lipinski definition) is 11. The first-order chi connectivity index (χ1) is 25.5. The second-order valence-electron chi connectivity index (χ2n) is 16.0. The number of nitrogens with two attached hydrogens (primary N) is 1. The van der Waals surface area contributed by atoms with Gasteiger partial charge in [0.2, 0.25) is 5.91 Å². The van der Waals surface area contributed by atoms with Crippen LogP contribution >= 0.6 is 7.82 Å². The molecule has 3 heterocycles. The number of nitrogens with zero attached hydrogens (tertiary/aromatic N) is 1. The van der Waals surface area contributed by atoms with Crippen molar-refractivity contribution in [2.45, 2.75) is 143 Å². The third-order valence-electron chi connectivity index (χ3n) is 11.5. The summed E-state index contributed by atoms with van der Waals surface area (Å²) in [5.74, 6) is -2.37. The van der Waals surface area contributed by atoms with Crippen LogP contribution in [-0.4, -0.2) is 93.6 Å². The van der Waals surface area contributed by atoms with Crippen LogP contribution in [0.5, 0.6) is 0 Å². The van der Waals surface area contributed by atoms with Gasteiger partial charge in [0, 0.05) is 63.2 Å². The van der Waals surface area contributed by atoms with Crippen molar-refractivity contribution >= 4 is 19.8 Å². The van der Waals surface area contributed by atoms with Crippen LogP contribution in [0.4, 0.5) is 0 Å². The maximum atomic E-state index is 12.5. The van der Waals surface area contributed by atoms with E-state index in [0.717, 1.165) is 23.1 Å². The molecule has 0 aromatic carbocycles. The average Bonchev–Trinajstić information content (AvgIpc) is 3.59. The number of ether oxygens (including phenoxy) is 4. The summed E-state index contributed by atoms with van der Waals surface area (Å²) in [5, 5.41) is 22.9. The SMILES string of the molecule is CO[C@H]1C[C@]2(O[C@H]([C@@H](C[C@H](O)[C@H](C)[C@H](O)[C@@H](C)C=C(C)C(C)=CCCC(C)=CC(N)=O)OC)[C@@H](OP(=O)(O)O)C2(C)C)O[C@@H](CC=Cc2coc(C)n2)[C@H]1C. The number of aliphatic hydroxyl groups is 2. The van der Waals surface area contributed by atoms with E-state index in [2.05, 4.69) is 11.1 Å². The summed E-state index contributed by atoms with van der Waals surface area (Å²) in [4.78, 5) is 35.6. The van der Waals surface area contributed by atoms with Gasteiger partial charge in [-0.2, -0.15) is 0 Å². The zero-order chi connectivity index (χ0) is 41.5. The summed E-state index contributed by atoms with van der Waals surface area (Å²) in [6.07, 6.45) is 6.85. The van der Waals surface area contributed by atoms with E-state index in [-0.39, 0.29) is 30.8 Å². The van der Waals surface area contributed by atoms with Crippen LogP contribution in [0.3, 0.4) is 0 Å². The first-order valence-corrected chi connectivity index (χ1v) is 20.5. The molecule has 1 spiro atoms. The molecule has 55 heavy (non-hydrogen) atoms. The van der Waals surface area contributed by atoms with Crippen molar-refractivity contribution in [3.05, 3.63) is 58.9 Å². The first-order valence-electron chi connectivity index (χ1n) is 19.0. The van der Waals surface area contributed by atoms with E-state index < -0.39 is 67.5 Å². The maximum absolute atomic E-state index is 12.5. The van der Waals surface area contributed by atoms with E-state index in [4.69, 9.17) is 33.6 Å². The lowest BCUT2D eigenvalue weighted by atomic mass is 9.72. The van der Waals surface area contributed by atoms with Gasteiger partial charge in [-0.25, -0.2) is 9.55 Å². The minimum atomic E-state index is -5.06. The topological polar surface area (TPSA) is 213 Å². The van der Waals surface area contributed by atoms with Crippen LogP contribution in [-0.2, 0) is 32.8 Å². The molecule has 15 heteroatoms. The smallest absolute Gasteiger partial charge is 0.449 e. The van der Waals surface area contributed by atoms with E-state index in [0.29, 0.717) is 24.4 Å². The number of oxazole rings is 1. The molecule has 312 valence electrons. The number of hydrogen-bond donors (Lipinski definition) is 5. The number of allylic oxidation sites excluding steroid dienone is 4. The van der Waals surface area contributed by atoms with Crippen molar-refractivity contribution in [1.82, 2.24) is 4.98 Å². The third kappa shape index (κ3) is 12.3. The van der Waals surface area contributed by atoms with Gasteiger partial charge in [-0.3, -0.25) is 9.32 Å². The predicted molar refractivity (Wildman–Crippen MR) is 208 cm³/mol. The lowest BCUT2D eigenvalue weighted by Gasteiger charge is -2.50. The van der Waals surface area contributed by atoms with Crippen molar-refractivity contribution in [1.29, 1.82) is 0 Å². The number of phosphoric ester groups is 1. The number of phosphoric acid groups is 1. The molecule has 2 aliphatic heterocycles. The Balaban J connectivity index is 1.83. The van der Waals surface area contributed by atoms with Gasteiger partial charge in [0.1, 0.15) is 24.2 Å². The molecule has 6 N–H and O–H groups in total. The Bertz CT molecular complexity index is 1600. The highest BCUT2D eigenvalue weighted by Gasteiger charge is 2.68. The quantitative estimate of drug-likeness (QED) is 0.0625. The van der Waals surface area contributed by atoms with E-state index >= 15 is 0 Å². The largest absolute Gasteiger partial charge is 0.469 e. The molecule has 0 unspecified atom stereocenters. The molecule has 0 bridgehead atoms. The molecular weight excluding hydrogens is 731 g/mol. The average molecular weight is 797 g/mol. The fourth-order valence-electron chi connectivity index (χ4n) is 7.73. The number of aromatic nitrogens is 1. The number of rotatable bonds is 19. The Morgan fingerprint density at radius 3 is 2.38 bits per heavy atom. The molecule has 14 nitrogen and oxygen atoms in total. The van der Waals surface area contributed by atoms with Crippen molar-refractivity contribution in [2.75, 3.05) is 14.2 Å². The summed E-state index contributed by atoms with van der Waals surface area (Å²) >= 11 is 0. The van der Waals surface area contributed by atoms with Gasteiger partial charge in [0.15, 0.2) is 11.7 Å². The summed E-state index contributed by atoms with van der Waals surface area (Å²) < 4.78 is 48.7. The van der Waals surface area contributed by atoms with Crippen LogP contribution in [0.2, 0.25) is 0 Å². The number of carbonyl (C=O) groups is 1. The van der Waals surface area contributed by atoms with Gasteiger partial charge in [-0.1, -0.05) is 69.6 Å². The molecule has 1 aromatic rings. The lowest BCUT2D eigenvalue weighted by Crippen LogP contribution is -2.58. The zero-order valence-corrected chi connectivity index (χ0v) is 35.2. The standard InChI is InChI=1S/C40H65N2O12P/c1-23(18-35(41)44)14-12-15-24(2)25(3)19-26(4)36(45)27(5)31(43)20-33(49-10)37-38(54-55(46,47)48)39(8,9)40(53-37)21-34(50-11)28(6)32(52-40)17-13-16-30-22-51-29(7)42-30/h13,15-16,18-19,22,26-28,31-34,36-38,43,45H,12,14,17,20-21H2,1-11H3,(H2,41,44)(H2,46,47,48)/t26-,27-,28+,31-,32-,33+,34-,36+,37+,38+,40+/m0/s1. The second kappa shape index (κ2) is 19.8. The van der Waals surface area contributed by atoms with Gasteiger partial charge >= 0.3 is 7.82 Å². The molecule has 3 rings (SSSR count). The first kappa shape index (κ1) is 46.9. The van der Waals surface area contributed by atoms with Gasteiger partial charge in [-0.15, -0.1) is 0 Å². The number of primary amides is 1. The number of aliphatic hydroxyl groups excluding tert-OH is 2. The number of methoxy groups -OCH3 is 2. The molecule has 2 saturated heterocycles. The Morgan fingerprint density at radius 2 is 1.82 bits per heavy atom. The van der Waals surface area contributed by atoms with E-state index in [1.807, 2.05) is 52.8 Å². The number of amides is 1. The Kier molecular flexibility index (Phi) is 16.9. The zero-order valence-electron chi connectivity index (χ0n) is 34.3. The molecule has 2 fully saturated rings. The highest BCUT2D eigenvalue weighted by atomic mass is 31.2. The highest BCUT2D eigenvalue weighted by molar-refractivity contribution is 7.46. The van der Waals surface area contributed by atoms with Crippen LogP contribution in [0.25, 0.3) is 6.08 Å². The van der Waals surface area contributed by atoms with Gasteiger partial charge in [0.25, 0.3) is 0 Å². The Morgan fingerprint density at radius 1 is 1.15 bits per heavy atom. The van der Waals surface area contributed by atoms with Crippen LogP contribution in [0.1, 0.15) is 99.1 Å². The van der Waals surface area contributed by atoms with E-state index in [1.165, 1.54) is 13.2 Å². The Labute approximate surface area is 326 Å². The summed E-state index contributed by atoms with van der Waals surface area (Å²) in [6.45, 7) is 16.8. The van der Waals surface area contributed by atoms with Gasteiger partial charge < -0.3 is 49.1 Å². The minimum Gasteiger partial charge on any atom is -0.449 e. The van der Waals surface area contributed by atoms with Crippen molar-refractivity contribution < 1.29 is 57.2 Å². The Hall–Kier alpha value is -2.49. The third-order valence-corrected chi connectivity index (χ3v) is 12.0. The maximum Gasteiger partial charge on any atom is 0.469 e. The summed E-state index contributed by atoms with van der Waals surface area (Å²) in [5.41, 5.74) is 7.66. The molecule has 0 saturated carbocycles. The molecule has 11 atom stereocenters. The van der Waals surface area contributed by atoms with Crippen LogP contribution in [0, 0.1) is 30.1 Å². The van der Waals surface area contributed by atoms with Crippen molar-refractivity contribution in [3.8, 4) is 0 Å². The number of carbonyl (C=O) groups excluding carboxylic acids is 1. The van der Waals surface area contributed by atoms with Crippen molar-refractivity contribution in [3.63, 3.8) is 0 Å². The lowest BCUT2D eigenvalue weighted by molar-refractivity contribution is -0.336. The molecule has 0 radical (unpaired) electrons. The molecular formula is C40H65N2O12P. The fraction of sp³-hybridized carbons (Fsp3) is 0.700. The fourth-order valence-corrected chi connectivity index (χ4v) is 8.41. The van der Waals surface area contributed by atoms with Crippen LogP contribution in [0.15, 0.2) is 51.7 Å². The molecule has 1 aromatic heterocycles. The second-order valence-corrected chi connectivity index (χ2v) is 17.1. The molecule has 0 aliphatic carbocycles. The predicted octanol–water partition coefficient (Wildman–Crippen LogP) is 5.93. The normalized spacial score (nSPS) is 29.4. The monoisotopic (exact) mass is 796 g/mol. The summed E-state index contributed by atoms with van der Waals surface area (Å²) in [7, 11) is -2.01. The molecule has 2 aliphatic rings. The molecule has 1 amide bonds. The van der Waals surface area contributed by atoms with Gasteiger partial charge in [-0.05, 0) is 46.1 Å². The minimum absolute atomic E-state index is 0.0352. The number of aryl methyl sites for hydroxylation is 1. The van der Waals surface area contributed by atoms with E-state index in [9.17, 15) is 29.4 Å². The van der Waals surface area contributed by atoms with Gasteiger partial charge in [0.05, 0.1) is 30.5 Å². The van der Waals surface area contributed by atoms with Crippen molar-refractivity contribution in [2.24, 2.45) is 28.9 Å². The highest BCUT2D eigenvalue weighted by Crippen LogP contribution is 2.59. The van der Waals surface area contributed by atoms with Crippen LogP contribution < -0.4 is 5.73 Å². The van der Waals surface area contributed by atoms with E-state index in [1.54, 1.807) is 41.1 Å².